The lowest BCUT2D eigenvalue weighted by Gasteiger charge is -2.27. The summed E-state index contributed by atoms with van der Waals surface area (Å²) in [6, 6.07) is 6.84. The Morgan fingerprint density at radius 1 is 0.800 bits per heavy atom. The highest BCUT2D eigenvalue weighted by Gasteiger charge is 2.12. The van der Waals surface area contributed by atoms with E-state index in [1.165, 1.54) is 44.3 Å². The number of hydrogen-bond donors (Lipinski definition) is 0. The van der Waals surface area contributed by atoms with Crippen molar-refractivity contribution in [2.24, 2.45) is 0 Å². The van der Waals surface area contributed by atoms with E-state index in [1.807, 2.05) is 0 Å². The number of morpholine rings is 2. The maximum atomic E-state index is 5.44. The monoisotopic (exact) mass is 346 g/mol. The van der Waals surface area contributed by atoms with Gasteiger partial charge in [-0.25, -0.2) is 0 Å². The molecule has 0 saturated carbocycles. The fourth-order valence-corrected chi connectivity index (χ4v) is 3.98. The molecule has 1 aromatic rings. The van der Waals surface area contributed by atoms with Crippen molar-refractivity contribution in [3.63, 3.8) is 0 Å². The van der Waals surface area contributed by atoms with Crippen molar-refractivity contribution in [1.29, 1.82) is 0 Å². The van der Waals surface area contributed by atoms with E-state index in [-0.39, 0.29) is 0 Å². The summed E-state index contributed by atoms with van der Waals surface area (Å²) in [4.78, 5) is 5.08. The van der Waals surface area contributed by atoms with Gasteiger partial charge in [0.2, 0.25) is 0 Å². The van der Waals surface area contributed by atoms with Crippen LogP contribution in [0.4, 0.5) is 0 Å². The molecule has 0 amide bonds. The van der Waals surface area contributed by atoms with Crippen LogP contribution in [0.5, 0.6) is 0 Å². The lowest BCUT2D eigenvalue weighted by Crippen LogP contribution is -2.37. The number of aryl methyl sites for hydroxylation is 2. The number of nitrogens with zero attached hydrogens (tertiary/aromatic N) is 2. The van der Waals surface area contributed by atoms with Crippen LogP contribution in [0.2, 0.25) is 0 Å². The molecule has 25 heavy (non-hydrogen) atoms. The van der Waals surface area contributed by atoms with Gasteiger partial charge in [0, 0.05) is 26.2 Å². The smallest absolute Gasteiger partial charge is 0.0594 e. The predicted molar refractivity (Wildman–Crippen MR) is 102 cm³/mol. The third-order valence-corrected chi connectivity index (χ3v) is 5.54. The summed E-state index contributed by atoms with van der Waals surface area (Å²) in [5, 5.41) is 0. The molecule has 2 heterocycles. The first-order valence-corrected chi connectivity index (χ1v) is 10.0. The van der Waals surface area contributed by atoms with Crippen LogP contribution in [-0.2, 0) is 22.3 Å². The highest BCUT2D eigenvalue weighted by Crippen LogP contribution is 2.19. The lowest BCUT2D eigenvalue weighted by atomic mass is 9.94. The average Bonchev–Trinajstić information content (AvgIpc) is 2.65. The molecule has 2 aliphatic rings. The Hall–Kier alpha value is -0.940. The van der Waals surface area contributed by atoms with Crippen molar-refractivity contribution in [3.05, 3.63) is 34.9 Å². The minimum atomic E-state index is 0.900. The molecule has 0 bridgehead atoms. The standard InChI is InChI=1S/C21H34N2O2/c1-19-5-2-6-20(7-3-9-22-11-15-24-16-12-22)21(19)8-4-10-23-13-17-25-18-14-23/h2,5-6H,3-4,7-18H2,1H3. The van der Waals surface area contributed by atoms with Gasteiger partial charge in [0.25, 0.3) is 0 Å². The van der Waals surface area contributed by atoms with Crippen molar-refractivity contribution in [2.45, 2.75) is 32.6 Å². The molecule has 0 radical (unpaired) electrons. The normalized spacial score (nSPS) is 20.0. The molecule has 140 valence electrons. The summed E-state index contributed by atoms with van der Waals surface area (Å²) in [6.07, 6.45) is 4.91. The Labute approximate surface area is 153 Å². The Balaban J connectivity index is 1.46. The van der Waals surface area contributed by atoms with E-state index in [0.29, 0.717) is 0 Å². The molecular formula is C21H34N2O2. The van der Waals surface area contributed by atoms with Crippen LogP contribution in [-0.4, -0.2) is 75.5 Å². The van der Waals surface area contributed by atoms with Gasteiger partial charge in [-0.2, -0.15) is 0 Å². The maximum absolute atomic E-state index is 5.44. The Bertz CT molecular complexity index is 509. The van der Waals surface area contributed by atoms with Crippen molar-refractivity contribution in [2.75, 3.05) is 65.7 Å². The second-order valence-corrected chi connectivity index (χ2v) is 7.33. The summed E-state index contributed by atoms with van der Waals surface area (Å²) in [7, 11) is 0. The molecule has 0 aliphatic carbocycles. The number of ether oxygens (including phenoxy) is 2. The third-order valence-electron chi connectivity index (χ3n) is 5.54. The van der Waals surface area contributed by atoms with Gasteiger partial charge in [0.15, 0.2) is 0 Å². The number of hydrogen-bond acceptors (Lipinski definition) is 4. The zero-order chi connectivity index (χ0) is 17.3. The molecule has 2 aliphatic heterocycles. The molecule has 0 N–H and O–H groups in total. The van der Waals surface area contributed by atoms with Crippen LogP contribution in [0.25, 0.3) is 0 Å². The molecule has 0 aromatic heterocycles. The first-order chi connectivity index (χ1) is 12.3. The van der Waals surface area contributed by atoms with Crippen molar-refractivity contribution < 1.29 is 9.47 Å². The molecule has 0 atom stereocenters. The van der Waals surface area contributed by atoms with Gasteiger partial charge >= 0.3 is 0 Å². The first-order valence-electron chi connectivity index (χ1n) is 10.0. The minimum absolute atomic E-state index is 0.900. The Morgan fingerprint density at radius 2 is 1.36 bits per heavy atom. The van der Waals surface area contributed by atoms with Gasteiger partial charge in [0.05, 0.1) is 26.4 Å². The summed E-state index contributed by atoms with van der Waals surface area (Å²) in [5.41, 5.74) is 4.62. The van der Waals surface area contributed by atoms with Crippen molar-refractivity contribution in [1.82, 2.24) is 9.80 Å². The molecule has 4 heteroatoms. The second-order valence-electron chi connectivity index (χ2n) is 7.33. The highest BCUT2D eigenvalue weighted by molar-refractivity contribution is 5.34. The third kappa shape index (κ3) is 6.07. The largest absolute Gasteiger partial charge is 0.379 e. The van der Waals surface area contributed by atoms with E-state index >= 15 is 0 Å². The predicted octanol–water partition coefficient (Wildman–Crippen LogP) is 2.52. The van der Waals surface area contributed by atoms with Crippen LogP contribution in [0.15, 0.2) is 18.2 Å². The van der Waals surface area contributed by atoms with Crippen molar-refractivity contribution >= 4 is 0 Å². The van der Waals surface area contributed by atoms with Gasteiger partial charge < -0.3 is 9.47 Å². The molecule has 1 aromatic carbocycles. The van der Waals surface area contributed by atoms with E-state index in [2.05, 4.69) is 34.9 Å². The minimum Gasteiger partial charge on any atom is -0.379 e. The summed E-state index contributed by atoms with van der Waals surface area (Å²) >= 11 is 0. The zero-order valence-corrected chi connectivity index (χ0v) is 15.8. The zero-order valence-electron chi connectivity index (χ0n) is 15.8. The van der Waals surface area contributed by atoms with Crippen LogP contribution >= 0.6 is 0 Å². The number of benzene rings is 1. The average molecular weight is 347 g/mol. The SMILES string of the molecule is Cc1cccc(CCCN2CCOCC2)c1CCCN1CCOCC1. The fourth-order valence-electron chi connectivity index (χ4n) is 3.98. The Morgan fingerprint density at radius 3 is 1.96 bits per heavy atom. The van der Waals surface area contributed by atoms with Crippen LogP contribution in [0.1, 0.15) is 29.5 Å². The molecule has 2 saturated heterocycles. The topological polar surface area (TPSA) is 24.9 Å². The van der Waals surface area contributed by atoms with Crippen LogP contribution < -0.4 is 0 Å². The van der Waals surface area contributed by atoms with E-state index in [1.54, 1.807) is 11.1 Å². The second kappa shape index (κ2) is 10.3. The lowest BCUT2D eigenvalue weighted by molar-refractivity contribution is 0.0372. The fraction of sp³-hybridized carbons (Fsp3) is 0.714. The van der Waals surface area contributed by atoms with E-state index in [0.717, 1.165) is 52.6 Å². The summed E-state index contributed by atoms with van der Waals surface area (Å²) < 4.78 is 10.9. The van der Waals surface area contributed by atoms with Crippen LogP contribution in [0.3, 0.4) is 0 Å². The molecule has 0 unspecified atom stereocenters. The van der Waals surface area contributed by atoms with Gasteiger partial charge in [-0.05, 0) is 62.4 Å². The quantitative estimate of drug-likeness (QED) is 0.722. The molecule has 3 rings (SSSR count). The maximum Gasteiger partial charge on any atom is 0.0594 e. The molecule has 0 spiro atoms. The summed E-state index contributed by atoms with van der Waals surface area (Å²) in [6.45, 7) is 12.7. The molecular weight excluding hydrogens is 312 g/mol. The van der Waals surface area contributed by atoms with Gasteiger partial charge in [-0.1, -0.05) is 18.2 Å². The van der Waals surface area contributed by atoms with E-state index < -0.39 is 0 Å². The summed E-state index contributed by atoms with van der Waals surface area (Å²) in [5.74, 6) is 0. The van der Waals surface area contributed by atoms with Gasteiger partial charge in [0.1, 0.15) is 0 Å². The van der Waals surface area contributed by atoms with Crippen LogP contribution in [0, 0.1) is 6.92 Å². The highest BCUT2D eigenvalue weighted by atomic mass is 16.5. The van der Waals surface area contributed by atoms with E-state index in [4.69, 9.17) is 9.47 Å². The van der Waals surface area contributed by atoms with Gasteiger partial charge in [-0.3, -0.25) is 9.80 Å². The van der Waals surface area contributed by atoms with Gasteiger partial charge in [-0.15, -0.1) is 0 Å². The first kappa shape index (κ1) is 18.8. The van der Waals surface area contributed by atoms with E-state index in [9.17, 15) is 0 Å². The molecule has 2 fully saturated rings. The number of rotatable bonds is 8. The Kier molecular flexibility index (Phi) is 7.74. The van der Waals surface area contributed by atoms with Crippen molar-refractivity contribution in [3.8, 4) is 0 Å². The molecule has 4 nitrogen and oxygen atoms in total.